The van der Waals surface area contributed by atoms with Crippen molar-refractivity contribution in [3.63, 3.8) is 0 Å². The largest absolute Gasteiger partial charge is 0.134 e. The van der Waals surface area contributed by atoms with Gasteiger partial charge >= 0.3 is 0 Å². The molecule has 46 heavy (non-hydrogen) atoms. The van der Waals surface area contributed by atoms with E-state index in [2.05, 4.69) is 158 Å². The Labute approximate surface area is 274 Å². The lowest BCUT2D eigenvalue weighted by atomic mass is 9.96. The fourth-order valence-corrected chi connectivity index (χ4v) is 9.64. The van der Waals surface area contributed by atoms with Crippen molar-refractivity contribution >= 4 is 84.6 Å². The Hall–Kier alpha value is -5.28. The highest BCUT2D eigenvalue weighted by molar-refractivity contribution is 7.36. The van der Waals surface area contributed by atoms with E-state index in [1.54, 1.807) is 0 Å². The summed E-state index contributed by atoms with van der Waals surface area (Å²) in [6.07, 6.45) is 0. The van der Waals surface area contributed by atoms with E-state index in [9.17, 15) is 0 Å². The van der Waals surface area contributed by atoms with Crippen LogP contribution in [0.3, 0.4) is 0 Å². The Bertz CT molecular complexity index is 2780. The zero-order chi connectivity index (χ0) is 30.2. The van der Waals surface area contributed by atoms with Crippen molar-refractivity contribution < 1.29 is 0 Å². The lowest BCUT2D eigenvalue weighted by molar-refractivity contribution is 1.59. The zero-order valence-corrected chi connectivity index (χ0v) is 26.5. The van der Waals surface area contributed by atoms with Crippen molar-refractivity contribution in [2.75, 3.05) is 0 Å². The quantitative estimate of drug-likeness (QED) is 0.185. The van der Waals surface area contributed by atoms with Crippen LogP contribution in [0.15, 0.2) is 158 Å². The van der Waals surface area contributed by atoms with E-state index in [0.29, 0.717) is 0 Å². The second-order valence-corrected chi connectivity index (χ2v) is 14.3. The normalized spacial score (nSPS) is 11.9. The molecule has 10 rings (SSSR count). The van der Waals surface area contributed by atoms with Crippen LogP contribution < -0.4 is 0 Å². The van der Waals surface area contributed by atoms with Gasteiger partial charge in [-0.25, -0.2) is 0 Å². The van der Waals surface area contributed by atoms with Crippen LogP contribution in [0.4, 0.5) is 0 Å². The number of fused-ring (bicyclic) bond motifs is 8. The molecule has 0 radical (unpaired) electrons. The van der Waals surface area contributed by atoms with Crippen molar-refractivity contribution in [3.05, 3.63) is 158 Å². The van der Waals surface area contributed by atoms with Crippen LogP contribution in [-0.4, -0.2) is 0 Å². The highest BCUT2D eigenvalue weighted by Crippen LogP contribution is 2.46. The van der Waals surface area contributed by atoms with Gasteiger partial charge in [0.1, 0.15) is 0 Å². The fourth-order valence-electron chi connectivity index (χ4n) is 6.95. The van der Waals surface area contributed by atoms with E-state index in [1.807, 2.05) is 22.7 Å². The van der Waals surface area contributed by atoms with Gasteiger partial charge < -0.3 is 0 Å². The molecule has 0 nitrogen and oxygen atoms in total. The van der Waals surface area contributed by atoms with Crippen molar-refractivity contribution in [1.29, 1.82) is 0 Å². The lowest BCUT2D eigenvalue weighted by Gasteiger charge is -2.09. The third-order valence-electron chi connectivity index (χ3n) is 9.43. The highest BCUT2D eigenvalue weighted by atomic mass is 32.1. The van der Waals surface area contributed by atoms with Gasteiger partial charge in [-0.1, -0.05) is 121 Å². The first-order valence-electron chi connectivity index (χ1n) is 15.6. The Balaban J connectivity index is 0.976. The zero-order valence-electron chi connectivity index (χ0n) is 24.8. The summed E-state index contributed by atoms with van der Waals surface area (Å²) in [6, 6.07) is 58.3. The van der Waals surface area contributed by atoms with Gasteiger partial charge in [0.05, 0.1) is 9.40 Å². The lowest BCUT2D eigenvalue weighted by Crippen LogP contribution is -1.83. The average molecular weight is 619 g/mol. The maximum atomic E-state index is 2.41. The van der Waals surface area contributed by atoms with Gasteiger partial charge in [0.2, 0.25) is 0 Å². The van der Waals surface area contributed by atoms with Gasteiger partial charge in [-0.3, -0.25) is 0 Å². The monoisotopic (exact) mass is 618 g/mol. The third kappa shape index (κ3) is 4.19. The van der Waals surface area contributed by atoms with Crippen molar-refractivity contribution in [3.8, 4) is 33.4 Å². The minimum atomic E-state index is 1.23. The SMILES string of the molecule is c1ccc2cc(-c3ccc(-c4ccc(-c5ccc6cc7sc8c9cc%10ccccc%10cc9sc8c7cc6c5)cc4)cc3)ccc2c1. The van der Waals surface area contributed by atoms with E-state index in [-0.39, 0.29) is 0 Å². The summed E-state index contributed by atoms with van der Waals surface area (Å²) >= 11 is 3.86. The minimum absolute atomic E-state index is 1.23. The molecule has 0 aliphatic carbocycles. The molecule has 0 saturated heterocycles. The maximum absolute atomic E-state index is 2.41. The van der Waals surface area contributed by atoms with E-state index in [0.717, 1.165) is 0 Å². The van der Waals surface area contributed by atoms with Crippen LogP contribution in [0.5, 0.6) is 0 Å². The molecule has 2 heterocycles. The topological polar surface area (TPSA) is 0 Å². The molecule has 214 valence electrons. The fraction of sp³-hybridized carbons (Fsp3) is 0. The molecule has 0 bridgehead atoms. The predicted octanol–water partition coefficient (Wildman–Crippen LogP) is 13.7. The number of thiophene rings is 2. The van der Waals surface area contributed by atoms with E-state index in [1.165, 1.54) is 95.3 Å². The van der Waals surface area contributed by atoms with Gasteiger partial charge in [0.15, 0.2) is 0 Å². The first-order valence-corrected chi connectivity index (χ1v) is 17.3. The molecule has 0 aliphatic heterocycles. The summed E-state index contributed by atoms with van der Waals surface area (Å²) in [5.41, 5.74) is 7.44. The first-order chi connectivity index (χ1) is 22.7. The molecule has 0 spiro atoms. The molecule has 8 aromatic carbocycles. The summed E-state index contributed by atoms with van der Waals surface area (Å²) < 4.78 is 5.57. The van der Waals surface area contributed by atoms with E-state index >= 15 is 0 Å². The molecular weight excluding hydrogens is 593 g/mol. The minimum Gasteiger partial charge on any atom is -0.134 e. The van der Waals surface area contributed by atoms with Gasteiger partial charge in [-0.05, 0) is 102 Å². The number of benzene rings is 8. The predicted molar refractivity (Wildman–Crippen MR) is 204 cm³/mol. The van der Waals surface area contributed by atoms with Crippen molar-refractivity contribution in [2.45, 2.75) is 0 Å². The molecule has 0 amide bonds. The molecule has 0 atom stereocenters. The Morgan fingerprint density at radius 2 is 0.609 bits per heavy atom. The van der Waals surface area contributed by atoms with Crippen molar-refractivity contribution in [1.82, 2.24) is 0 Å². The van der Waals surface area contributed by atoms with Gasteiger partial charge in [-0.2, -0.15) is 0 Å². The second-order valence-electron chi connectivity index (χ2n) is 12.2. The maximum Gasteiger partial charge on any atom is 0.0542 e. The summed E-state index contributed by atoms with van der Waals surface area (Å²) in [4.78, 5) is 0. The molecule has 0 N–H and O–H groups in total. The molecule has 0 aliphatic rings. The van der Waals surface area contributed by atoms with E-state index in [4.69, 9.17) is 0 Å². The second kappa shape index (κ2) is 10.1. The molecule has 2 aromatic heterocycles. The van der Waals surface area contributed by atoms with Crippen LogP contribution in [0.1, 0.15) is 0 Å². The Morgan fingerprint density at radius 1 is 0.261 bits per heavy atom. The molecule has 0 unspecified atom stereocenters. The summed E-state index contributed by atoms with van der Waals surface area (Å²) in [5, 5.41) is 10.5. The first kappa shape index (κ1) is 26.0. The van der Waals surface area contributed by atoms with Crippen LogP contribution >= 0.6 is 22.7 Å². The molecule has 2 heteroatoms. The summed E-state index contributed by atoms with van der Waals surface area (Å²) in [6.45, 7) is 0. The molecule has 0 saturated carbocycles. The molecular formula is C44H26S2. The molecule has 10 aromatic rings. The molecule has 0 fully saturated rings. The van der Waals surface area contributed by atoms with Crippen LogP contribution in [-0.2, 0) is 0 Å². The summed E-state index contributed by atoms with van der Waals surface area (Å²) in [5.74, 6) is 0. The highest BCUT2D eigenvalue weighted by Gasteiger charge is 2.14. The summed E-state index contributed by atoms with van der Waals surface area (Å²) in [7, 11) is 0. The standard InChI is InChI=1S/C44H26S2/c1-2-6-32-21-35(18-17-27(32)5-1)30-13-9-28(10-14-30)29-11-15-31(16-12-29)36-19-20-37-26-42-40(24-38(37)22-36)44-43(46-42)39-23-33-7-3-4-8-34(33)25-41(39)45-44/h1-26H. The Kier molecular flexibility index (Phi) is 5.72. The van der Waals surface area contributed by atoms with Gasteiger partial charge in [-0.15, -0.1) is 22.7 Å². The van der Waals surface area contributed by atoms with Gasteiger partial charge in [0, 0.05) is 20.2 Å². The smallest absolute Gasteiger partial charge is 0.0542 e. The van der Waals surface area contributed by atoms with Crippen LogP contribution in [0.25, 0.3) is 95.3 Å². The van der Waals surface area contributed by atoms with Crippen LogP contribution in [0, 0.1) is 0 Å². The number of rotatable bonds is 3. The third-order valence-corrected chi connectivity index (χ3v) is 11.9. The van der Waals surface area contributed by atoms with Crippen molar-refractivity contribution in [2.24, 2.45) is 0 Å². The Morgan fingerprint density at radius 3 is 1.15 bits per heavy atom. The van der Waals surface area contributed by atoms with Crippen LogP contribution in [0.2, 0.25) is 0 Å². The van der Waals surface area contributed by atoms with Gasteiger partial charge in [0.25, 0.3) is 0 Å². The number of hydrogen-bond acceptors (Lipinski definition) is 2. The van der Waals surface area contributed by atoms with E-state index < -0.39 is 0 Å². The number of hydrogen-bond donors (Lipinski definition) is 0. The average Bonchev–Trinajstić information content (AvgIpc) is 3.64.